The quantitative estimate of drug-likeness (QED) is 0.759. The Morgan fingerprint density at radius 3 is 3.06 bits per heavy atom. The summed E-state index contributed by atoms with van der Waals surface area (Å²) in [5.74, 6) is 0.715. The highest BCUT2D eigenvalue weighted by atomic mass is 15.3. The molecule has 5 nitrogen and oxygen atoms in total. The Morgan fingerprint density at radius 1 is 1.33 bits per heavy atom. The highest BCUT2D eigenvalue weighted by molar-refractivity contribution is 5.43. The SMILES string of the molecule is Cc1ccc2nc(NCCCNC3CC3)nn2c1. The molecule has 0 saturated heterocycles. The number of aromatic nitrogens is 3. The fourth-order valence-electron chi connectivity index (χ4n) is 1.94. The highest BCUT2D eigenvalue weighted by Crippen LogP contribution is 2.18. The molecular formula is C13H19N5. The fraction of sp³-hybridized carbons (Fsp3) is 0.538. The molecule has 1 fully saturated rings. The van der Waals surface area contributed by atoms with E-state index in [0.29, 0.717) is 5.95 Å². The average Bonchev–Trinajstić information content (AvgIpc) is 3.08. The van der Waals surface area contributed by atoms with Crippen molar-refractivity contribution in [3.05, 3.63) is 23.9 Å². The van der Waals surface area contributed by atoms with Crippen molar-refractivity contribution in [1.82, 2.24) is 19.9 Å². The number of fused-ring (bicyclic) bond motifs is 1. The van der Waals surface area contributed by atoms with Gasteiger partial charge < -0.3 is 10.6 Å². The molecule has 0 unspecified atom stereocenters. The van der Waals surface area contributed by atoms with Gasteiger partial charge in [0, 0.05) is 18.8 Å². The van der Waals surface area contributed by atoms with Crippen molar-refractivity contribution in [2.24, 2.45) is 0 Å². The molecule has 18 heavy (non-hydrogen) atoms. The van der Waals surface area contributed by atoms with Gasteiger partial charge >= 0.3 is 0 Å². The van der Waals surface area contributed by atoms with Gasteiger partial charge in [0.2, 0.25) is 5.95 Å². The normalized spacial score (nSPS) is 15.2. The largest absolute Gasteiger partial charge is 0.353 e. The van der Waals surface area contributed by atoms with Crippen LogP contribution in [0.3, 0.4) is 0 Å². The maximum Gasteiger partial charge on any atom is 0.243 e. The van der Waals surface area contributed by atoms with Crippen molar-refractivity contribution >= 4 is 11.6 Å². The first-order valence-corrected chi connectivity index (χ1v) is 6.61. The smallest absolute Gasteiger partial charge is 0.243 e. The molecule has 0 bridgehead atoms. The van der Waals surface area contributed by atoms with E-state index in [2.05, 4.69) is 27.6 Å². The number of rotatable bonds is 6. The van der Waals surface area contributed by atoms with E-state index in [4.69, 9.17) is 0 Å². The summed E-state index contributed by atoms with van der Waals surface area (Å²) in [7, 11) is 0. The van der Waals surface area contributed by atoms with Crippen molar-refractivity contribution < 1.29 is 0 Å². The van der Waals surface area contributed by atoms with E-state index < -0.39 is 0 Å². The van der Waals surface area contributed by atoms with Crippen LogP contribution < -0.4 is 10.6 Å². The molecule has 96 valence electrons. The summed E-state index contributed by atoms with van der Waals surface area (Å²) in [6, 6.07) is 4.83. The van der Waals surface area contributed by atoms with Gasteiger partial charge in [0.15, 0.2) is 5.65 Å². The Hall–Kier alpha value is -1.62. The molecule has 1 aliphatic carbocycles. The fourth-order valence-corrected chi connectivity index (χ4v) is 1.94. The van der Waals surface area contributed by atoms with Crippen LogP contribution in [-0.4, -0.2) is 33.7 Å². The lowest BCUT2D eigenvalue weighted by atomic mass is 10.3. The Morgan fingerprint density at radius 2 is 2.22 bits per heavy atom. The van der Waals surface area contributed by atoms with Gasteiger partial charge in [-0.15, -0.1) is 5.10 Å². The summed E-state index contributed by atoms with van der Waals surface area (Å²) >= 11 is 0. The van der Waals surface area contributed by atoms with E-state index in [1.54, 1.807) is 0 Å². The minimum atomic E-state index is 0.715. The first-order valence-electron chi connectivity index (χ1n) is 6.61. The van der Waals surface area contributed by atoms with Gasteiger partial charge in [0.25, 0.3) is 0 Å². The molecule has 2 N–H and O–H groups in total. The molecule has 2 aromatic heterocycles. The predicted octanol–water partition coefficient (Wildman–Crippen LogP) is 1.59. The lowest BCUT2D eigenvalue weighted by Crippen LogP contribution is -2.20. The highest BCUT2D eigenvalue weighted by Gasteiger charge is 2.19. The second-order valence-electron chi connectivity index (χ2n) is 4.95. The van der Waals surface area contributed by atoms with Crippen LogP contribution in [0.25, 0.3) is 5.65 Å². The van der Waals surface area contributed by atoms with Gasteiger partial charge in [-0.05, 0) is 44.4 Å². The lowest BCUT2D eigenvalue weighted by molar-refractivity contribution is 0.658. The summed E-state index contributed by atoms with van der Waals surface area (Å²) in [4.78, 5) is 4.42. The van der Waals surface area contributed by atoms with E-state index in [1.165, 1.54) is 18.4 Å². The van der Waals surface area contributed by atoms with Gasteiger partial charge in [-0.3, -0.25) is 0 Å². The Bertz CT molecular complexity index is 529. The third kappa shape index (κ3) is 2.79. The van der Waals surface area contributed by atoms with Crippen molar-refractivity contribution in [1.29, 1.82) is 0 Å². The number of hydrogen-bond donors (Lipinski definition) is 2. The zero-order valence-electron chi connectivity index (χ0n) is 10.7. The number of anilines is 1. The molecule has 0 amide bonds. The lowest BCUT2D eigenvalue weighted by Gasteiger charge is -2.02. The maximum absolute atomic E-state index is 4.42. The summed E-state index contributed by atoms with van der Waals surface area (Å²) in [5, 5.41) is 11.1. The Labute approximate surface area is 107 Å². The molecule has 2 heterocycles. The molecule has 3 rings (SSSR count). The van der Waals surface area contributed by atoms with E-state index in [1.807, 2.05) is 22.8 Å². The molecule has 1 saturated carbocycles. The molecule has 0 aliphatic heterocycles. The van der Waals surface area contributed by atoms with E-state index in [-0.39, 0.29) is 0 Å². The predicted molar refractivity (Wildman–Crippen MR) is 71.9 cm³/mol. The minimum Gasteiger partial charge on any atom is -0.353 e. The van der Waals surface area contributed by atoms with Crippen molar-refractivity contribution in [2.45, 2.75) is 32.2 Å². The molecule has 0 spiro atoms. The first-order chi connectivity index (χ1) is 8.81. The van der Waals surface area contributed by atoms with Gasteiger partial charge in [0.05, 0.1) is 0 Å². The third-order valence-corrected chi connectivity index (χ3v) is 3.13. The van der Waals surface area contributed by atoms with Crippen LogP contribution in [0.1, 0.15) is 24.8 Å². The monoisotopic (exact) mass is 245 g/mol. The number of aryl methyl sites for hydroxylation is 1. The second kappa shape index (κ2) is 4.94. The van der Waals surface area contributed by atoms with Crippen LogP contribution in [0.2, 0.25) is 0 Å². The summed E-state index contributed by atoms with van der Waals surface area (Å²) < 4.78 is 1.82. The van der Waals surface area contributed by atoms with Gasteiger partial charge in [-0.25, -0.2) is 4.52 Å². The molecule has 1 aliphatic rings. The van der Waals surface area contributed by atoms with E-state index in [9.17, 15) is 0 Å². The van der Waals surface area contributed by atoms with Crippen LogP contribution >= 0.6 is 0 Å². The van der Waals surface area contributed by atoms with Crippen LogP contribution in [0, 0.1) is 6.92 Å². The summed E-state index contributed by atoms with van der Waals surface area (Å²) in [6.07, 6.45) is 5.79. The van der Waals surface area contributed by atoms with Crippen molar-refractivity contribution in [3.8, 4) is 0 Å². The summed E-state index contributed by atoms with van der Waals surface area (Å²) in [5.41, 5.74) is 2.08. The molecule has 5 heteroatoms. The minimum absolute atomic E-state index is 0.715. The van der Waals surface area contributed by atoms with Gasteiger partial charge in [0.1, 0.15) is 0 Å². The van der Waals surface area contributed by atoms with Crippen molar-refractivity contribution in [3.63, 3.8) is 0 Å². The molecule has 2 aromatic rings. The molecular weight excluding hydrogens is 226 g/mol. The van der Waals surface area contributed by atoms with Crippen LogP contribution in [0.4, 0.5) is 5.95 Å². The van der Waals surface area contributed by atoms with Crippen LogP contribution in [0.5, 0.6) is 0 Å². The van der Waals surface area contributed by atoms with E-state index >= 15 is 0 Å². The zero-order chi connectivity index (χ0) is 12.4. The van der Waals surface area contributed by atoms with E-state index in [0.717, 1.165) is 31.2 Å². The first kappa shape index (κ1) is 11.5. The number of nitrogens with one attached hydrogen (secondary N) is 2. The van der Waals surface area contributed by atoms with Gasteiger partial charge in [-0.1, -0.05) is 6.07 Å². The molecule has 0 atom stereocenters. The van der Waals surface area contributed by atoms with Crippen LogP contribution in [0.15, 0.2) is 18.3 Å². The second-order valence-corrected chi connectivity index (χ2v) is 4.95. The Balaban J connectivity index is 1.50. The zero-order valence-corrected chi connectivity index (χ0v) is 10.7. The molecule has 0 radical (unpaired) electrons. The summed E-state index contributed by atoms with van der Waals surface area (Å²) in [6.45, 7) is 4.04. The number of pyridine rings is 1. The average molecular weight is 245 g/mol. The number of nitrogens with zero attached hydrogens (tertiary/aromatic N) is 3. The van der Waals surface area contributed by atoms with Crippen molar-refractivity contribution in [2.75, 3.05) is 18.4 Å². The topological polar surface area (TPSA) is 54.2 Å². The third-order valence-electron chi connectivity index (χ3n) is 3.13. The maximum atomic E-state index is 4.42. The number of hydrogen-bond acceptors (Lipinski definition) is 4. The standard InChI is InChI=1S/C13H19N5/c1-10-3-6-12-16-13(17-18(12)9-10)15-8-2-7-14-11-4-5-11/h3,6,9,11,14H,2,4-5,7-8H2,1H3,(H,15,17). The molecule has 0 aromatic carbocycles. The van der Waals surface area contributed by atoms with Gasteiger partial charge in [-0.2, -0.15) is 4.98 Å². The Kier molecular flexibility index (Phi) is 3.15. The van der Waals surface area contributed by atoms with Crippen LogP contribution in [-0.2, 0) is 0 Å².